The third kappa shape index (κ3) is 5.99. The lowest BCUT2D eigenvalue weighted by molar-refractivity contribution is -0.124. The largest absolute Gasteiger partial charge is 0.494 e. The van der Waals surface area contributed by atoms with E-state index < -0.39 is 0 Å². The molecule has 1 aliphatic carbocycles. The number of nitrogens with one attached hydrogen (secondary N) is 3. The second-order valence-electron chi connectivity index (χ2n) is 10.2. The molecule has 3 N–H and O–H groups in total. The van der Waals surface area contributed by atoms with Crippen LogP contribution in [0.2, 0.25) is 0 Å². The van der Waals surface area contributed by atoms with Crippen LogP contribution in [0.25, 0.3) is 22.3 Å². The number of rotatable bonds is 9. The van der Waals surface area contributed by atoms with Crippen LogP contribution in [0.15, 0.2) is 48.7 Å². The highest BCUT2D eigenvalue weighted by molar-refractivity contribution is 5.93. The summed E-state index contributed by atoms with van der Waals surface area (Å²) in [6.45, 7) is 8.25. The van der Waals surface area contributed by atoms with Crippen LogP contribution in [-0.2, 0) is 4.79 Å². The number of anilines is 2. The number of ether oxygens (including phenoxy) is 2. The van der Waals surface area contributed by atoms with Crippen LogP contribution in [0.1, 0.15) is 52.1 Å². The molecule has 2 aromatic carbocycles. The minimum absolute atomic E-state index is 0.0727. The predicted molar refractivity (Wildman–Crippen MR) is 143 cm³/mol. The highest BCUT2D eigenvalue weighted by Gasteiger charge is 2.28. The van der Waals surface area contributed by atoms with Crippen LogP contribution in [-0.4, -0.2) is 44.8 Å². The van der Waals surface area contributed by atoms with E-state index in [2.05, 4.69) is 20.8 Å². The van der Waals surface area contributed by atoms with E-state index in [0.29, 0.717) is 29.9 Å². The standard InChI is InChI=1S/C28H32N6O3/c1-5-36-20-11-12-22-21(14-20)27(31-23-15-29-34-25(23)17-9-10-17)32-26(30-22)18-7-6-8-19(13-18)37-16-24(35)33-28(2,3)4/h6-8,11-15,17H,5,9-10,16H2,1-4H3,(H,29,34)(H,33,35)(H,30,31,32). The Bertz CT molecular complexity index is 1420. The number of hydrogen-bond donors (Lipinski definition) is 3. The van der Waals surface area contributed by atoms with Crippen molar-refractivity contribution in [2.75, 3.05) is 18.5 Å². The van der Waals surface area contributed by atoms with E-state index in [9.17, 15) is 4.79 Å². The first kappa shape index (κ1) is 24.5. The lowest BCUT2D eigenvalue weighted by atomic mass is 10.1. The molecule has 2 aromatic heterocycles. The lowest BCUT2D eigenvalue weighted by Gasteiger charge is -2.20. The zero-order valence-electron chi connectivity index (χ0n) is 21.6. The maximum absolute atomic E-state index is 12.2. The summed E-state index contributed by atoms with van der Waals surface area (Å²) in [5.74, 6) is 2.86. The fourth-order valence-corrected chi connectivity index (χ4v) is 4.12. The van der Waals surface area contributed by atoms with Gasteiger partial charge < -0.3 is 20.1 Å². The van der Waals surface area contributed by atoms with Crippen LogP contribution < -0.4 is 20.1 Å². The molecule has 0 unspecified atom stereocenters. The van der Waals surface area contributed by atoms with E-state index in [1.807, 2.05) is 70.2 Å². The Morgan fingerprint density at radius 2 is 1.89 bits per heavy atom. The van der Waals surface area contributed by atoms with Crippen molar-refractivity contribution in [1.29, 1.82) is 0 Å². The zero-order chi connectivity index (χ0) is 26.0. The summed E-state index contributed by atoms with van der Waals surface area (Å²) in [6.07, 6.45) is 4.11. The van der Waals surface area contributed by atoms with Crippen molar-refractivity contribution in [1.82, 2.24) is 25.5 Å². The van der Waals surface area contributed by atoms with Gasteiger partial charge in [0, 0.05) is 22.4 Å². The SMILES string of the molecule is CCOc1ccc2nc(-c3cccc(OCC(=O)NC(C)(C)C)c3)nc(Nc3cn[nH]c3C3CC3)c2c1. The summed E-state index contributed by atoms with van der Waals surface area (Å²) in [5.41, 5.74) is 3.25. The average molecular weight is 501 g/mol. The summed E-state index contributed by atoms with van der Waals surface area (Å²) >= 11 is 0. The van der Waals surface area contributed by atoms with Gasteiger partial charge in [0.15, 0.2) is 12.4 Å². The van der Waals surface area contributed by atoms with Crippen LogP contribution in [0.5, 0.6) is 11.5 Å². The van der Waals surface area contributed by atoms with Crippen molar-refractivity contribution in [2.45, 2.75) is 52.0 Å². The minimum atomic E-state index is -0.318. The quantitative estimate of drug-likeness (QED) is 0.284. The van der Waals surface area contributed by atoms with E-state index in [0.717, 1.165) is 46.4 Å². The van der Waals surface area contributed by atoms with Gasteiger partial charge in [0.05, 0.1) is 29.7 Å². The summed E-state index contributed by atoms with van der Waals surface area (Å²) in [6, 6.07) is 13.3. The van der Waals surface area contributed by atoms with Gasteiger partial charge >= 0.3 is 0 Å². The van der Waals surface area contributed by atoms with Crippen molar-refractivity contribution in [3.05, 3.63) is 54.4 Å². The molecule has 0 saturated heterocycles. The van der Waals surface area contributed by atoms with Gasteiger partial charge in [-0.3, -0.25) is 9.89 Å². The van der Waals surface area contributed by atoms with Crippen molar-refractivity contribution < 1.29 is 14.3 Å². The van der Waals surface area contributed by atoms with Crippen LogP contribution >= 0.6 is 0 Å². The molecule has 0 atom stereocenters. The van der Waals surface area contributed by atoms with E-state index in [-0.39, 0.29) is 18.1 Å². The molecule has 2 heterocycles. The monoisotopic (exact) mass is 500 g/mol. The number of nitrogens with zero attached hydrogens (tertiary/aromatic N) is 3. The molecule has 0 bridgehead atoms. The normalized spacial score (nSPS) is 13.4. The third-order valence-electron chi connectivity index (χ3n) is 5.86. The van der Waals surface area contributed by atoms with Crippen molar-refractivity contribution in [3.8, 4) is 22.9 Å². The smallest absolute Gasteiger partial charge is 0.258 e. The number of H-pyrrole nitrogens is 1. The van der Waals surface area contributed by atoms with Crippen molar-refractivity contribution >= 4 is 28.3 Å². The Balaban J connectivity index is 1.47. The molecule has 0 spiro atoms. The number of aromatic nitrogens is 4. The number of aromatic amines is 1. The molecule has 0 radical (unpaired) electrons. The van der Waals surface area contributed by atoms with Crippen LogP contribution in [0.4, 0.5) is 11.5 Å². The first-order valence-electron chi connectivity index (χ1n) is 12.6. The van der Waals surface area contributed by atoms with Gasteiger partial charge in [0.2, 0.25) is 0 Å². The van der Waals surface area contributed by atoms with E-state index in [4.69, 9.17) is 19.4 Å². The average Bonchev–Trinajstić information content (AvgIpc) is 3.60. The zero-order valence-corrected chi connectivity index (χ0v) is 21.6. The third-order valence-corrected chi connectivity index (χ3v) is 5.86. The molecule has 1 aliphatic rings. The molecule has 0 aliphatic heterocycles. The lowest BCUT2D eigenvalue weighted by Crippen LogP contribution is -2.43. The second-order valence-corrected chi connectivity index (χ2v) is 10.2. The second kappa shape index (κ2) is 10.1. The summed E-state index contributed by atoms with van der Waals surface area (Å²) in [5, 5.41) is 14.6. The fraction of sp³-hybridized carbons (Fsp3) is 0.357. The highest BCUT2D eigenvalue weighted by atomic mass is 16.5. The maximum Gasteiger partial charge on any atom is 0.258 e. The first-order valence-corrected chi connectivity index (χ1v) is 12.6. The number of hydrogen-bond acceptors (Lipinski definition) is 7. The molecule has 37 heavy (non-hydrogen) atoms. The van der Waals surface area contributed by atoms with E-state index in [1.165, 1.54) is 0 Å². The van der Waals surface area contributed by atoms with Gasteiger partial charge in [-0.25, -0.2) is 9.97 Å². The van der Waals surface area contributed by atoms with Gasteiger partial charge in [-0.15, -0.1) is 0 Å². The van der Waals surface area contributed by atoms with E-state index in [1.54, 1.807) is 6.20 Å². The molecule has 9 nitrogen and oxygen atoms in total. The highest BCUT2D eigenvalue weighted by Crippen LogP contribution is 2.43. The molecular weight excluding hydrogens is 468 g/mol. The Morgan fingerprint density at radius 1 is 1.08 bits per heavy atom. The number of carbonyl (C=O) groups excluding carboxylic acids is 1. The summed E-state index contributed by atoms with van der Waals surface area (Å²) in [4.78, 5) is 21.9. The molecule has 1 saturated carbocycles. The summed E-state index contributed by atoms with van der Waals surface area (Å²) < 4.78 is 11.5. The topological polar surface area (TPSA) is 114 Å². The molecule has 9 heteroatoms. The van der Waals surface area contributed by atoms with Gasteiger partial charge in [-0.1, -0.05) is 12.1 Å². The Labute approximate surface area is 216 Å². The van der Waals surface area contributed by atoms with Crippen LogP contribution in [0, 0.1) is 0 Å². The maximum atomic E-state index is 12.2. The van der Waals surface area contributed by atoms with Gasteiger partial charge in [-0.2, -0.15) is 5.10 Å². The van der Waals surface area contributed by atoms with Gasteiger partial charge in [-0.05, 0) is 70.9 Å². The molecule has 1 amide bonds. The molecule has 4 aromatic rings. The molecule has 192 valence electrons. The number of fused-ring (bicyclic) bond motifs is 1. The predicted octanol–water partition coefficient (Wildman–Crippen LogP) is 5.33. The fourth-order valence-electron chi connectivity index (χ4n) is 4.12. The summed E-state index contributed by atoms with van der Waals surface area (Å²) in [7, 11) is 0. The van der Waals surface area contributed by atoms with E-state index >= 15 is 0 Å². The van der Waals surface area contributed by atoms with Gasteiger partial charge in [0.25, 0.3) is 5.91 Å². The number of amides is 1. The van der Waals surface area contributed by atoms with Crippen molar-refractivity contribution in [3.63, 3.8) is 0 Å². The Hall–Kier alpha value is -4.14. The van der Waals surface area contributed by atoms with Gasteiger partial charge in [0.1, 0.15) is 17.3 Å². The Morgan fingerprint density at radius 3 is 2.65 bits per heavy atom. The molecule has 1 fully saturated rings. The number of benzene rings is 2. The molecule has 5 rings (SSSR count). The Kier molecular flexibility index (Phi) is 6.69. The number of carbonyl (C=O) groups is 1. The van der Waals surface area contributed by atoms with Crippen LogP contribution in [0.3, 0.4) is 0 Å². The minimum Gasteiger partial charge on any atom is -0.494 e. The van der Waals surface area contributed by atoms with Crippen molar-refractivity contribution in [2.24, 2.45) is 0 Å². The first-order chi connectivity index (χ1) is 17.8. The molecular formula is C28H32N6O3.